The Bertz CT molecular complexity index is 1110. The Morgan fingerprint density at radius 1 is 1.07 bits per heavy atom. The van der Waals surface area contributed by atoms with Crippen molar-refractivity contribution in [2.24, 2.45) is 11.0 Å². The maximum Gasteiger partial charge on any atom is 0.359 e. The van der Waals surface area contributed by atoms with Gasteiger partial charge in [0.25, 0.3) is 5.91 Å². The van der Waals surface area contributed by atoms with Crippen LogP contribution >= 0.6 is 0 Å². The molecule has 1 aromatic heterocycles. The van der Waals surface area contributed by atoms with Crippen LogP contribution in [0.15, 0.2) is 41.8 Å². The molecule has 2 aromatic rings. The number of aromatic nitrogens is 2. The smallest absolute Gasteiger partial charge is 0.359 e. The SMILES string of the molecule is COC(=O)c1nccnc1C(=O)C1=NNC2C(=O)N(c3cccc(OC)c3)C(=O)C12. The first kappa shape index (κ1) is 19.2. The average Bonchev–Trinajstić information content (AvgIpc) is 3.32. The number of fused-ring (bicyclic) bond motifs is 1. The zero-order valence-electron chi connectivity index (χ0n) is 15.9. The summed E-state index contributed by atoms with van der Waals surface area (Å²) in [6.07, 6.45) is 2.46. The van der Waals surface area contributed by atoms with Crippen molar-refractivity contribution in [3.63, 3.8) is 0 Å². The number of nitrogens with one attached hydrogen (secondary N) is 1. The van der Waals surface area contributed by atoms with Crippen LogP contribution in [0.1, 0.15) is 21.0 Å². The van der Waals surface area contributed by atoms with E-state index in [2.05, 4.69) is 25.2 Å². The molecule has 11 nitrogen and oxygen atoms in total. The molecule has 2 amide bonds. The molecule has 1 aromatic carbocycles. The van der Waals surface area contributed by atoms with Crippen LogP contribution in [-0.4, -0.2) is 59.5 Å². The predicted octanol–water partition coefficient (Wildman–Crippen LogP) is -0.0281. The second kappa shape index (κ2) is 7.35. The molecule has 3 heterocycles. The van der Waals surface area contributed by atoms with E-state index in [1.165, 1.54) is 25.6 Å². The monoisotopic (exact) mass is 409 g/mol. The summed E-state index contributed by atoms with van der Waals surface area (Å²) in [6, 6.07) is 5.38. The Labute approximate surface area is 169 Å². The third-order valence-corrected chi connectivity index (χ3v) is 4.76. The topological polar surface area (TPSA) is 140 Å². The van der Waals surface area contributed by atoms with Gasteiger partial charge in [0.15, 0.2) is 5.69 Å². The quantitative estimate of drug-likeness (QED) is 0.409. The molecular weight excluding hydrogens is 394 g/mol. The zero-order chi connectivity index (χ0) is 21.4. The summed E-state index contributed by atoms with van der Waals surface area (Å²) in [7, 11) is 2.60. The molecule has 1 N–H and O–H groups in total. The normalized spacial score (nSPS) is 19.8. The van der Waals surface area contributed by atoms with Gasteiger partial charge in [-0.2, -0.15) is 5.10 Å². The van der Waals surface area contributed by atoms with Crippen LogP contribution in [0.2, 0.25) is 0 Å². The van der Waals surface area contributed by atoms with Gasteiger partial charge < -0.3 is 9.47 Å². The van der Waals surface area contributed by atoms with Crippen molar-refractivity contribution in [3.8, 4) is 5.75 Å². The first-order valence-electron chi connectivity index (χ1n) is 8.77. The van der Waals surface area contributed by atoms with Crippen molar-refractivity contribution in [1.82, 2.24) is 15.4 Å². The van der Waals surface area contributed by atoms with E-state index in [4.69, 9.17) is 4.74 Å². The molecule has 2 aliphatic rings. The van der Waals surface area contributed by atoms with Crippen molar-refractivity contribution < 1.29 is 28.7 Å². The zero-order valence-corrected chi connectivity index (χ0v) is 15.9. The molecule has 30 heavy (non-hydrogen) atoms. The highest BCUT2D eigenvalue weighted by molar-refractivity contribution is 6.53. The number of nitrogens with zero attached hydrogens (tertiary/aromatic N) is 4. The highest BCUT2D eigenvalue weighted by Crippen LogP contribution is 2.32. The molecule has 152 valence electrons. The van der Waals surface area contributed by atoms with Crippen molar-refractivity contribution in [2.75, 3.05) is 19.1 Å². The lowest BCUT2D eigenvalue weighted by atomic mass is 9.94. The van der Waals surface area contributed by atoms with E-state index in [1.807, 2.05) is 0 Å². The second-order valence-corrected chi connectivity index (χ2v) is 6.37. The number of imide groups is 1. The van der Waals surface area contributed by atoms with Crippen molar-refractivity contribution in [1.29, 1.82) is 0 Å². The van der Waals surface area contributed by atoms with Crippen LogP contribution in [0.5, 0.6) is 5.75 Å². The van der Waals surface area contributed by atoms with Crippen molar-refractivity contribution >= 4 is 35.0 Å². The van der Waals surface area contributed by atoms with Gasteiger partial charge in [0.05, 0.1) is 19.9 Å². The van der Waals surface area contributed by atoms with Gasteiger partial charge in [-0.05, 0) is 12.1 Å². The minimum atomic E-state index is -1.16. The molecule has 0 saturated carbocycles. The number of benzene rings is 1. The summed E-state index contributed by atoms with van der Waals surface area (Å²) >= 11 is 0. The van der Waals surface area contributed by atoms with E-state index >= 15 is 0 Å². The van der Waals surface area contributed by atoms with E-state index in [0.29, 0.717) is 11.4 Å². The van der Waals surface area contributed by atoms with E-state index in [0.717, 1.165) is 12.0 Å². The molecule has 2 aliphatic heterocycles. The number of ether oxygens (including phenoxy) is 2. The highest BCUT2D eigenvalue weighted by atomic mass is 16.5. The van der Waals surface area contributed by atoms with E-state index < -0.39 is 35.5 Å². The van der Waals surface area contributed by atoms with Gasteiger partial charge >= 0.3 is 5.97 Å². The first-order valence-corrected chi connectivity index (χ1v) is 8.77. The fourth-order valence-corrected chi connectivity index (χ4v) is 3.35. The minimum Gasteiger partial charge on any atom is -0.497 e. The number of hydrazone groups is 1. The number of amides is 2. The van der Waals surface area contributed by atoms with Crippen LogP contribution in [0.4, 0.5) is 5.69 Å². The first-order chi connectivity index (χ1) is 14.5. The maximum absolute atomic E-state index is 13.1. The summed E-state index contributed by atoms with van der Waals surface area (Å²) in [5, 5.41) is 3.89. The Hall–Kier alpha value is -4.15. The summed E-state index contributed by atoms with van der Waals surface area (Å²) in [6.45, 7) is 0. The summed E-state index contributed by atoms with van der Waals surface area (Å²) in [4.78, 5) is 59.6. The molecular formula is C19H15N5O6. The van der Waals surface area contributed by atoms with Gasteiger partial charge in [-0.15, -0.1) is 0 Å². The van der Waals surface area contributed by atoms with Gasteiger partial charge in [0, 0.05) is 18.5 Å². The van der Waals surface area contributed by atoms with Crippen LogP contribution < -0.4 is 15.1 Å². The summed E-state index contributed by atoms with van der Waals surface area (Å²) in [5.74, 6) is -3.54. The minimum absolute atomic E-state index is 0.227. The van der Waals surface area contributed by atoms with Crippen molar-refractivity contribution in [2.45, 2.75) is 6.04 Å². The molecule has 2 atom stereocenters. The van der Waals surface area contributed by atoms with E-state index in [-0.39, 0.29) is 17.1 Å². The molecule has 0 radical (unpaired) electrons. The molecule has 1 fully saturated rings. The lowest BCUT2D eigenvalue weighted by Gasteiger charge is -2.16. The average molecular weight is 409 g/mol. The predicted molar refractivity (Wildman–Crippen MR) is 101 cm³/mol. The Morgan fingerprint density at radius 2 is 1.80 bits per heavy atom. The van der Waals surface area contributed by atoms with Gasteiger partial charge in [0.1, 0.15) is 29.1 Å². The summed E-state index contributed by atoms with van der Waals surface area (Å²) < 4.78 is 9.76. The van der Waals surface area contributed by atoms with Crippen LogP contribution in [0.3, 0.4) is 0 Å². The Balaban J connectivity index is 1.68. The molecule has 4 rings (SSSR count). The lowest BCUT2D eigenvalue weighted by Crippen LogP contribution is -2.36. The van der Waals surface area contributed by atoms with Gasteiger partial charge in [0.2, 0.25) is 11.7 Å². The Morgan fingerprint density at radius 3 is 2.50 bits per heavy atom. The number of anilines is 1. The van der Waals surface area contributed by atoms with Crippen LogP contribution in [0, 0.1) is 5.92 Å². The van der Waals surface area contributed by atoms with Crippen LogP contribution in [0.25, 0.3) is 0 Å². The molecule has 2 unspecified atom stereocenters. The number of methoxy groups -OCH3 is 2. The van der Waals surface area contributed by atoms with Gasteiger partial charge in [-0.1, -0.05) is 6.07 Å². The number of esters is 1. The summed E-state index contributed by atoms with van der Waals surface area (Å²) in [5.41, 5.74) is 2.01. The molecule has 0 spiro atoms. The molecule has 0 aliphatic carbocycles. The van der Waals surface area contributed by atoms with E-state index in [1.54, 1.807) is 18.2 Å². The highest BCUT2D eigenvalue weighted by Gasteiger charge is 2.55. The van der Waals surface area contributed by atoms with E-state index in [9.17, 15) is 19.2 Å². The second-order valence-electron chi connectivity index (χ2n) is 6.37. The van der Waals surface area contributed by atoms with Gasteiger partial charge in [-0.3, -0.25) is 19.8 Å². The number of rotatable bonds is 5. The van der Waals surface area contributed by atoms with Crippen LogP contribution in [-0.2, 0) is 14.3 Å². The number of carbonyl (C=O) groups is 4. The van der Waals surface area contributed by atoms with Crippen molar-refractivity contribution in [3.05, 3.63) is 48.0 Å². The third kappa shape index (κ3) is 2.87. The number of ketones is 1. The fraction of sp³-hybridized carbons (Fsp3) is 0.211. The molecule has 0 bridgehead atoms. The lowest BCUT2D eigenvalue weighted by molar-refractivity contribution is -0.122. The fourth-order valence-electron chi connectivity index (χ4n) is 3.35. The number of hydrogen-bond acceptors (Lipinski definition) is 10. The number of Topliss-reactive ketones (excluding diaryl/α,β-unsaturated/α-hetero) is 1. The van der Waals surface area contributed by atoms with Gasteiger partial charge in [-0.25, -0.2) is 19.7 Å². The maximum atomic E-state index is 13.1. The third-order valence-electron chi connectivity index (χ3n) is 4.76. The standard InChI is InChI=1S/C19H15N5O6/c1-29-10-5-3-4-9(8-10)24-17(26)11-12(22-23-13(11)18(24)27)16(25)14-15(19(28)30-2)21-7-6-20-14/h3-8,11,13,23H,1-2H3. The number of hydrogen-bond donors (Lipinski definition) is 1. The Kier molecular flexibility index (Phi) is 4.70. The largest absolute Gasteiger partial charge is 0.497 e. The number of carbonyl (C=O) groups excluding carboxylic acids is 4. The molecule has 11 heteroatoms. The molecule has 1 saturated heterocycles.